The van der Waals surface area contributed by atoms with Gasteiger partial charge < -0.3 is 15.8 Å². The third-order valence-electron chi connectivity index (χ3n) is 5.08. The lowest BCUT2D eigenvalue weighted by atomic mass is 10.0. The van der Waals surface area contributed by atoms with Crippen LogP contribution in [0.4, 0.5) is 24.8 Å². The molecule has 170 valence electrons. The zero-order chi connectivity index (χ0) is 23.4. The van der Waals surface area contributed by atoms with Crippen LogP contribution in [0.15, 0.2) is 60.9 Å². The normalized spacial score (nSPS) is 11.5. The van der Waals surface area contributed by atoms with Gasteiger partial charge in [0.2, 0.25) is 11.8 Å². The topological polar surface area (TPSA) is 86.0 Å². The number of pyridine rings is 1. The van der Waals surface area contributed by atoms with Gasteiger partial charge in [0.05, 0.1) is 11.3 Å². The van der Waals surface area contributed by atoms with Crippen molar-refractivity contribution >= 4 is 22.4 Å². The summed E-state index contributed by atoms with van der Waals surface area (Å²) >= 11 is 0. The summed E-state index contributed by atoms with van der Waals surface area (Å²) < 4.78 is 43.6. The molecule has 0 fully saturated rings. The van der Waals surface area contributed by atoms with Crippen LogP contribution < -0.4 is 15.8 Å². The molecule has 2 aromatic heterocycles. The van der Waals surface area contributed by atoms with E-state index >= 15 is 0 Å². The Labute approximate surface area is 188 Å². The summed E-state index contributed by atoms with van der Waals surface area (Å²) in [7, 11) is 0. The van der Waals surface area contributed by atoms with Crippen LogP contribution in [0.3, 0.4) is 0 Å². The van der Waals surface area contributed by atoms with Gasteiger partial charge in [0.1, 0.15) is 5.75 Å². The van der Waals surface area contributed by atoms with Crippen LogP contribution in [-0.4, -0.2) is 27.7 Å². The second-order valence-corrected chi connectivity index (χ2v) is 7.52. The molecule has 0 radical (unpaired) electrons. The van der Waals surface area contributed by atoms with Gasteiger partial charge >= 0.3 is 6.18 Å². The fourth-order valence-corrected chi connectivity index (χ4v) is 3.53. The first-order chi connectivity index (χ1) is 15.8. The van der Waals surface area contributed by atoms with Crippen molar-refractivity contribution in [2.24, 2.45) is 0 Å². The Balaban J connectivity index is 1.66. The zero-order valence-corrected chi connectivity index (χ0v) is 17.9. The van der Waals surface area contributed by atoms with Gasteiger partial charge in [-0.2, -0.15) is 13.2 Å². The summed E-state index contributed by atoms with van der Waals surface area (Å²) in [6.45, 7) is 2.13. The van der Waals surface area contributed by atoms with Gasteiger partial charge in [-0.15, -0.1) is 0 Å². The maximum absolute atomic E-state index is 12.5. The minimum absolute atomic E-state index is 0.00549. The number of ether oxygens (including phenoxy) is 1. The standard InChI is InChI=1S/C24H22F3N5O/c1-15-8-9-16-17(5-2-7-19(16)29-13-4-11-24(25,26)27)21(15)33-22-18(6-3-12-30-22)20-10-14-31-23(28)32-20/h2-3,5-10,12,14,29H,4,11,13H2,1H3,(H2,28,31,32). The van der Waals surface area contributed by atoms with Crippen LogP contribution in [0.25, 0.3) is 22.0 Å². The Kier molecular flexibility index (Phi) is 6.30. The SMILES string of the molecule is Cc1ccc2c(NCCCC(F)(F)F)cccc2c1Oc1ncccc1-c1ccnc(N)n1. The number of benzene rings is 2. The molecule has 33 heavy (non-hydrogen) atoms. The molecule has 0 bridgehead atoms. The first kappa shape index (κ1) is 22.3. The van der Waals surface area contributed by atoms with E-state index in [2.05, 4.69) is 20.3 Å². The maximum Gasteiger partial charge on any atom is 0.389 e. The van der Waals surface area contributed by atoms with E-state index in [-0.39, 0.29) is 18.9 Å². The first-order valence-corrected chi connectivity index (χ1v) is 10.4. The van der Waals surface area contributed by atoms with Crippen molar-refractivity contribution in [3.8, 4) is 22.9 Å². The Bertz CT molecular complexity index is 1280. The molecule has 0 saturated carbocycles. The molecule has 0 aliphatic heterocycles. The van der Waals surface area contributed by atoms with Gasteiger partial charge in [-0.3, -0.25) is 0 Å². The number of nitrogens with two attached hydrogens (primary N) is 1. The number of aromatic nitrogens is 3. The van der Waals surface area contributed by atoms with Crippen LogP contribution in [0.5, 0.6) is 11.6 Å². The number of nitrogens with one attached hydrogen (secondary N) is 1. The average Bonchev–Trinajstić information content (AvgIpc) is 2.78. The fourth-order valence-electron chi connectivity index (χ4n) is 3.53. The molecule has 4 aromatic rings. The average molecular weight is 453 g/mol. The molecule has 9 heteroatoms. The number of aryl methyl sites for hydroxylation is 1. The smallest absolute Gasteiger partial charge is 0.389 e. The number of halogens is 3. The maximum atomic E-state index is 12.5. The van der Waals surface area contributed by atoms with Crippen LogP contribution in [-0.2, 0) is 0 Å². The van der Waals surface area contributed by atoms with Crippen molar-refractivity contribution in [2.75, 3.05) is 17.6 Å². The van der Waals surface area contributed by atoms with E-state index in [1.807, 2.05) is 43.3 Å². The number of anilines is 2. The van der Waals surface area contributed by atoms with Gasteiger partial charge in [-0.1, -0.05) is 24.3 Å². The van der Waals surface area contributed by atoms with Crippen molar-refractivity contribution in [3.05, 3.63) is 66.5 Å². The molecule has 0 aliphatic carbocycles. The van der Waals surface area contributed by atoms with E-state index in [1.54, 1.807) is 24.5 Å². The summed E-state index contributed by atoms with van der Waals surface area (Å²) in [5.74, 6) is 1.10. The Morgan fingerprint density at radius 3 is 2.61 bits per heavy atom. The Hall–Kier alpha value is -3.88. The number of nitrogen functional groups attached to an aromatic ring is 1. The van der Waals surface area contributed by atoms with E-state index < -0.39 is 12.6 Å². The molecule has 3 N–H and O–H groups in total. The van der Waals surface area contributed by atoms with Gasteiger partial charge in [0.25, 0.3) is 0 Å². The molecule has 4 rings (SSSR count). The Morgan fingerprint density at radius 2 is 1.82 bits per heavy atom. The molecule has 0 spiro atoms. The van der Waals surface area contributed by atoms with Crippen molar-refractivity contribution in [3.63, 3.8) is 0 Å². The third kappa shape index (κ3) is 5.31. The summed E-state index contributed by atoms with van der Waals surface area (Å²) in [5, 5.41) is 4.77. The third-order valence-corrected chi connectivity index (χ3v) is 5.08. The zero-order valence-electron chi connectivity index (χ0n) is 17.9. The van der Waals surface area contributed by atoms with Gasteiger partial charge in [-0.25, -0.2) is 15.0 Å². The molecule has 6 nitrogen and oxygen atoms in total. The minimum Gasteiger partial charge on any atom is -0.437 e. The van der Waals surface area contributed by atoms with Crippen molar-refractivity contribution in [1.29, 1.82) is 0 Å². The predicted octanol–water partition coefficient (Wildman–Crippen LogP) is 6.13. The lowest BCUT2D eigenvalue weighted by molar-refractivity contribution is -0.134. The second-order valence-electron chi connectivity index (χ2n) is 7.52. The van der Waals surface area contributed by atoms with Crippen LogP contribution in [0, 0.1) is 6.92 Å². The van der Waals surface area contributed by atoms with E-state index in [0.717, 1.165) is 22.0 Å². The van der Waals surface area contributed by atoms with Crippen molar-refractivity contribution < 1.29 is 17.9 Å². The summed E-state index contributed by atoms with van der Waals surface area (Å²) in [6, 6.07) is 14.7. The number of rotatable bonds is 7. The molecule has 0 aliphatic rings. The van der Waals surface area contributed by atoms with Crippen LogP contribution in [0.2, 0.25) is 0 Å². The number of alkyl halides is 3. The van der Waals surface area contributed by atoms with E-state index in [1.165, 1.54) is 0 Å². The lowest BCUT2D eigenvalue weighted by Crippen LogP contribution is -2.11. The second kappa shape index (κ2) is 9.32. The highest BCUT2D eigenvalue weighted by molar-refractivity contribution is 5.98. The van der Waals surface area contributed by atoms with Crippen molar-refractivity contribution in [1.82, 2.24) is 15.0 Å². The lowest BCUT2D eigenvalue weighted by Gasteiger charge is -2.16. The van der Waals surface area contributed by atoms with E-state index in [9.17, 15) is 13.2 Å². The molecule has 2 aromatic carbocycles. The molecular weight excluding hydrogens is 431 g/mol. The summed E-state index contributed by atoms with van der Waals surface area (Å²) in [4.78, 5) is 12.6. The molecule has 0 unspecified atom stereocenters. The Morgan fingerprint density at radius 1 is 0.970 bits per heavy atom. The molecule has 2 heterocycles. The number of hydrogen-bond donors (Lipinski definition) is 2. The van der Waals surface area contributed by atoms with Gasteiger partial charge in [0, 0.05) is 41.8 Å². The van der Waals surface area contributed by atoms with Gasteiger partial charge in [0.15, 0.2) is 0 Å². The van der Waals surface area contributed by atoms with Gasteiger partial charge in [-0.05, 0) is 43.2 Å². The van der Waals surface area contributed by atoms with E-state index in [4.69, 9.17) is 10.5 Å². The predicted molar refractivity (Wildman–Crippen MR) is 122 cm³/mol. The molecular formula is C24H22F3N5O. The molecule has 0 atom stereocenters. The number of hydrogen-bond acceptors (Lipinski definition) is 6. The molecule has 0 amide bonds. The minimum atomic E-state index is -4.16. The quantitative estimate of drug-likeness (QED) is 0.328. The first-order valence-electron chi connectivity index (χ1n) is 10.4. The highest BCUT2D eigenvalue weighted by Crippen LogP contribution is 2.38. The van der Waals surface area contributed by atoms with Crippen molar-refractivity contribution in [2.45, 2.75) is 25.9 Å². The fraction of sp³-hybridized carbons (Fsp3) is 0.208. The van der Waals surface area contributed by atoms with E-state index in [0.29, 0.717) is 22.9 Å². The monoisotopic (exact) mass is 453 g/mol. The van der Waals surface area contributed by atoms with Crippen LogP contribution >= 0.6 is 0 Å². The summed E-state index contributed by atoms with van der Waals surface area (Å²) in [6.07, 6.45) is -1.80. The number of fused-ring (bicyclic) bond motifs is 1. The van der Waals surface area contributed by atoms with Crippen LogP contribution in [0.1, 0.15) is 18.4 Å². The largest absolute Gasteiger partial charge is 0.437 e. The molecule has 0 saturated heterocycles. The highest BCUT2D eigenvalue weighted by atomic mass is 19.4. The number of nitrogens with zero attached hydrogens (tertiary/aromatic N) is 3. The highest BCUT2D eigenvalue weighted by Gasteiger charge is 2.25. The summed E-state index contributed by atoms with van der Waals surface area (Å²) in [5.41, 5.74) is 8.60.